The summed E-state index contributed by atoms with van der Waals surface area (Å²) in [6, 6.07) is 0.694. The monoisotopic (exact) mass is 242 g/mol. The van der Waals surface area contributed by atoms with Crippen LogP contribution >= 0.6 is 0 Å². The topological polar surface area (TPSA) is 35.5 Å². The average Bonchev–Trinajstić information content (AvgIpc) is 2.28. The molecule has 3 nitrogen and oxygen atoms in total. The van der Waals surface area contributed by atoms with Gasteiger partial charge in [-0.15, -0.1) is 0 Å². The van der Waals surface area contributed by atoms with Crippen LogP contribution in [0.3, 0.4) is 0 Å². The Bertz CT molecular complexity index is 189. The quantitative estimate of drug-likeness (QED) is 0.713. The maximum Gasteiger partial charge on any atom is 0.0434 e. The SMILES string of the molecule is CC(C)CN1CCC(NC[C@H](C)CCO)CC1. The zero-order valence-electron chi connectivity index (χ0n) is 11.8. The molecular weight excluding hydrogens is 212 g/mol. The van der Waals surface area contributed by atoms with Gasteiger partial charge in [-0.25, -0.2) is 0 Å². The van der Waals surface area contributed by atoms with Crippen molar-refractivity contribution in [2.75, 3.05) is 32.8 Å². The molecular formula is C14H30N2O. The summed E-state index contributed by atoms with van der Waals surface area (Å²) in [5.41, 5.74) is 0. The van der Waals surface area contributed by atoms with E-state index in [2.05, 4.69) is 31.0 Å². The van der Waals surface area contributed by atoms with Crippen LogP contribution in [0, 0.1) is 11.8 Å². The Morgan fingerprint density at radius 2 is 1.88 bits per heavy atom. The van der Waals surface area contributed by atoms with Crippen molar-refractivity contribution in [1.82, 2.24) is 10.2 Å². The number of hydrogen-bond acceptors (Lipinski definition) is 3. The van der Waals surface area contributed by atoms with E-state index in [1.54, 1.807) is 0 Å². The van der Waals surface area contributed by atoms with Gasteiger partial charge in [-0.2, -0.15) is 0 Å². The summed E-state index contributed by atoms with van der Waals surface area (Å²) >= 11 is 0. The highest BCUT2D eigenvalue weighted by Gasteiger charge is 2.19. The largest absolute Gasteiger partial charge is 0.396 e. The molecule has 0 aromatic heterocycles. The zero-order chi connectivity index (χ0) is 12.7. The van der Waals surface area contributed by atoms with E-state index in [1.165, 1.54) is 32.5 Å². The van der Waals surface area contributed by atoms with Crippen molar-refractivity contribution >= 4 is 0 Å². The molecule has 0 aromatic rings. The molecule has 0 saturated carbocycles. The summed E-state index contributed by atoms with van der Waals surface area (Å²) in [4.78, 5) is 2.58. The second-order valence-corrected chi connectivity index (χ2v) is 5.99. The summed E-state index contributed by atoms with van der Waals surface area (Å²) < 4.78 is 0. The lowest BCUT2D eigenvalue weighted by Crippen LogP contribution is -2.44. The lowest BCUT2D eigenvalue weighted by atomic mass is 10.0. The Hall–Kier alpha value is -0.120. The molecule has 0 aromatic carbocycles. The summed E-state index contributed by atoms with van der Waals surface area (Å²) in [5, 5.41) is 12.5. The lowest BCUT2D eigenvalue weighted by Gasteiger charge is -2.33. The minimum absolute atomic E-state index is 0.315. The predicted octanol–water partition coefficient (Wildman–Crippen LogP) is 1.71. The van der Waals surface area contributed by atoms with E-state index >= 15 is 0 Å². The van der Waals surface area contributed by atoms with Gasteiger partial charge in [0.1, 0.15) is 0 Å². The van der Waals surface area contributed by atoms with E-state index in [0.29, 0.717) is 18.6 Å². The molecule has 17 heavy (non-hydrogen) atoms. The third kappa shape index (κ3) is 6.39. The van der Waals surface area contributed by atoms with Gasteiger partial charge in [0.15, 0.2) is 0 Å². The number of aliphatic hydroxyl groups is 1. The van der Waals surface area contributed by atoms with Gasteiger partial charge in [0.05, 0.1) is 0 Å². The number of nitrogens with one attached hydrogen (secondary N) is 1. The van der Waals surface area contributed by atoms with Crippen molar-refractivity contribution in [3.05, 3.63) is 0 Å². The van der Waals surface area contributed by atoms with Crippen molar-refractivity contribution < 1.29 is 5.11 Å². The Balaban J connectivity index is 2.10. The smallest absolute Gasteiger partial charge is 0.0434 e. The Morgan fingerprint density at radius 3 is 2.41 bits per heavy atom. The molecule has 1 saturated heterocycles. The molecule has 1 atom stereocenters. The number of likely N-dealkylation sites (tertiary alicyclic amines) is 1. The van der Waals surface area contributed by atoms with Crippen LogP contribution in [-0.2, 0) is 0 Å². The summed E-state index contributed by atoms with van der Waals surface area (Å²) in [6.45, 7) is 11.9. The van der Waals surface area contributed by atoms with Gasteiger partial charge in [0.25, 0.3) is 0 Å². The van der Waals surface area contributed by atoms with Gasteiger partial charge >= 0.3 is 0 Å². The Morgan fingerprint density at radius 1 is 1.24 bits per heavy atom. The molecule has 0 spiro atoms. The van der Waals surface area contributed by atoms with Crippen molar-refractivity contribution in [3.8, 4) is 0 Å². The molecule has 1 rings (SSSR count). The fourth-order valence-corrected chi connectivity index (χ4v) is 2.53. The first-order valence-corrected chi connectivity index (χ1v) is 7.18. The average molecular weight is 242 g/mol. The zero-order valence-corrected chi connectivity index (χ0v) is 11.8. The number of rotatable bonds is 7. The van der Waals surface area contributed by atoms with Crippen LogP contribution in [0.4, 0.5) is 0 Å². The van der Waals surface area contributed by atoms with E-state index in [4.69, 9.17) is 5.11 Å². The fraction of sp³-hybridized carbons (Fsp3) is 1.00. The minimum Gasteiger partial charge on any atom is -0.396 e. The second kappa shape index (κ2) is 8.06. The summed E-state index contributed by atoms with van der Waals surface area (Å²) in [6.07, 6.45) is 3.47. The third-order valence-electron chi connectivity index (χ3n) is 3.59. The molecule has 0 radical (unpaired) electrons. The molecule has 0 aliphatic carbocycles. The lowest BCUT2D eigenvalue weighted by molar-refractivity contribution is 0.176. The minimum atomic E-state index is 0.315. The maximum absolute atomic E-state index is 8.86. The molecule has 102 valence electrons. The van der Waals surface area contributed by atoms with Crippen molar-refractivity contribution in [2.24, 2.45) is 11.8 Å². The second-order valence-electron chi connectivity index (χ2n) is 5.99. The van der Waals surface area contributed by atoms with Crippen LogP contribution in [-0.4, -0.2) is 48.8 Å². The molecule has 1 fully saturated rings. The van der Waals surface area contributed by atoms with Crippen molar-refractivity contribution in [1.29, 1.82) is 0 Å². The molecule has 1 aliphatic rings. The molecule has 0 bridgehead atoms. The van der Waals surface area contributed by atoms with Crippen LogP contribution in [0.25, 0.3) is 0 Å². The number of aliphatic hydroxyl groups excluding tert-OH is 1. The van der Waals surface area contributed by atoms with Gasteiger partial charge in [-0.05, 0) is 50.7 Å². The van der Waals surface area contributed by atoms with E-state index in [-0.39, 0.29) is 0 Å². The van der Waals surface area contributed by atoms with E-state index in [1.807, 2.05) is 0 Å². The summed E-state index contributed by atoms with van der Waals surface area (Å²) in [5.74, 6) is 1.37. The normalized spacial score (nSPS) is 21.0. The third-order valence-corrected chi connectivity index (χ3v) is 3.59. The van der Waals surface area contributed by atoms with Crippen molar-refractivity contribution in [3.63, 3.8) is 0 Å². The number of hydrogen-bond donors (Lipinski definition) is 2. The molecule has 1 aliphatic heterocycles. The highest BCUT2D eigenvalue weighted by molar-refractivity contribution is 4.78. The van der Waals surface area contributed by atoms with Crippen LogP contribution in [0.2, 0.25) is 0 Å². The predicted molar refractivity (Wildman–Crippen MR) is 73.2 cm³/mol. The van der Waals surface area contributed by atoms with Gasteiger partial charge in [0, 0.05) is 19.2 Å². The number of piperidine rings is 1. The molecule has 3 heteroatoms. The fourth-order valence-electron chi connectivity index (χ4n) is 2.53. The van der Waals surface area contributed by atoms with Gasteiger partial charge in [0.2, 0.25) is 0 Å². The first-order chi connectivity index (χ1) is 8.11. The van der Waals surface area contributed by atoms with Crippen molar-refractivity contribution in [2.45, 2.75) is 46.1 Å². The molecule has 1 heterocycles. The Kier molecular flexibility index (Phi) is 7.09. The Labute approximate surface area is 107 Å². The van der Waals surface area contributed by atoms with Gasteiger partial charge < -0.3 is 15.3 Å². The van der Waals surface area contributed by atoms with Crippen LogP contribution in [0.1, 0.15) is 40.0 Å². The molecule has 0 amide bonds. The van der Waals surface area contributed by atoms with Gasteiger partial charge in [-0.3, -0.25) is 0 Å². The highest BCUT2D eigenvalue weighted by Crippen LogP contribution is 2.12. The van der Waals surface area contributed by atoms with E-state index in [9.17, 15) is 0 Å². The summed E-state index contributed by atoms with van der Waals surface area (Å²) in [7, 11) is 0. The first kappa shape index (κ1) is 14.9. The van der Waals surface area contributed by atoms with Gasteiger partial charge in [-0.1, -0.05) is 20.8 Å². The van der Waals surface area contributed by atoms with E-state index in [0.717, 1.165) is 18.9 Å². The maximum atomic E-state index is 8.86. The number of nitrogens with zero attached hydrogens (tertiary/aromatic N) is 1. The van der Waals surface area contributed by atoms with Crippen LogP contribution in [0.15, 0.2) is 0 Å². The first-order valence-electron chi connectivity index (χ1n) is 7.18. The highest BCUT2D eigenvalue weighted by atomic mass is 16.3. The molecule has 0 unspecified atom stereocenters. The molecule has 2 N–H and O–H groups in total. The van der Waals surface area contributed by atoms with Crippen LogP contribution in [0.5, 0.6) is 0 Å². The standard InChI is InChI=1S/C14H30N2O/c1-12(2)11-16-7-4-14(5-8-16)15-10-13(3)6-9-17/h12-15,17H,4-11H2,1-3H3/t13-/m1/s1. The van der Waals surface area contributed by atoms with E-state index < -0.39 is 0 Å². The van der Waals surface area contributed by atoms with Crippen LogP contribution < -0.4 is 5.32 Å².